The first-order valence-electron chi connectivity index (χ1n) is 8.74. The van der Waals surface area contributed by atoms with E-state index in [1.807, 2.05) is 35.2 Å². The monoisotopic (exact) mass is 350 g/mol. The highest BCUT2D eigenvalue weighted by molar-refractivity contribution is 7.89. The summed E-state index contributed by atoms with van der Waals surface area (Å²) in [6.45, 7) is 4.15. The lowest BCUT2D eigenvalue weighted by Gasteiger charge is -2.47. The average Bonchev–Trinajstić information content (AvgIpc) is 2.59. The molecule has 24 heavy (non-hydrogen) atoms. The van der Waals surface area contributed by atoms with E-state index in [2.05, 4.69) is 0 Å². The molecule has 3 rings (SSSR count). The second kappa shape index (κ2) is 6.84. The summed E-state index contributed by atoms with van der Waals surface area (Å²) in [4.78, 5) is 14.3. The van der Waals surface area contributed by atoms with Gasteiger partial charge in [0, 0.05) is 38.0 Å². The van der Waals surface area contributed by atoms with E-state index in [9.17, 15) is 13.2 Å². The molecule has 2 aliphatic rings. The van der Waals surface area contributed by atoms with Crippen molar-refractivity contribution in [2.75, 3.05) is 25.4 Å². The van der Waals surface area contributed by atoms with E-state index in [0.717, 1.165) is 24.8 Å². The molecule has 2 saturated heterocycles. The number of piperidine rings is 2. The number of hydrogen-bond acceptors (Lipinski definition) is 3. The molecule has 2 fully saturated rings. The number of carbonyl (C=O) groups is 1. The topological polar surface area (TPSA) is 57.7 Å². The predicted molar refractivity (Wildman–Crippen MR) is 93.8 cm³/mol. The van der Waals surface area contributed by atoms with E-state index >= 15 is 0 Å². The van der Waals surface area contributed by atoms with Crippen molar-refractivity contribution in [3.63, 3.8) is 0 Å². The Bertz CT molecular complexity index is 689. The summed E-state index contributed by atoms with van der Waals surface area (Å²) in [6, 6.07) is 10.00. The molecule has 1 atom stereocenters. The molecule has 0 bridgehead atoms. The van der Waals surface area contributed by atoms with Crippen molar-refractivity contribution in [1.82, 2.24) is 9.21 Å². The van der Waals surface area contributed by atoms with E-state index in [0.29, 0.717) is 32.6 Å². The maximum absolute atomic E-state index is 12.4. The molecule has 5 nitrogen and oxygen atoms in total. The zero-order valence-corrected chi connectivity index (χ0v) is 15.1. The van der Waals surface area contributed by atoms with Crippen LogP contribution in [-0.2, 0) is 21.4 Å². The van der Waals surface area contributed by atoms with Gasteiger partial charge in [-0.1, -0.05) is 30.3 Å². The summed E-state index contributed by atoms with van der Waals surface area (Å²) < 4.78 is 26.2. The molecule has 0 saturated carbocycles. The van der Waals surface area contributed by atoms with Crippen LogP contribution in [0.4, 0.5) is 0 Å². The highest BCUT2D eigenvalue weighted by Crippen LogP contribution is 2.40. The van der Waals surface area contributed by atoms with Crippen LogP contribution < -0.4 is 0 Å². The molecule has 0 N–H and O–H groups in total. The van der Waals surface area contributed by atoms with Gasteiger partial charge in [0.25, 0.3) is 0 Å². The van der Waals surface area contributed by atoms with Crippen LogP contribution in [0.5, 0.6) is 0 Å². The zero-order valence-electron chi connectivity index (χ0n) is 14.3. The number of hydrogen-bond donors (Lipinski definition) is 0. The van der Waals surface area contributed by atoms with Gasteiger partial charge in [-0.15, -0.1) is 0 Å². The molecule has 0 radical (unpaired) electrons. The molecule has 1 aromatic rings. The molecular weight excluding hydrogens is 324 g/mol. The first kappa shape index (κ1) is 17.4. The van der Waals surface area contributed by atoms with Gasteiger partial charge < -0.3 is 4.90 Å². The molecule has 0 aromatic heterocycles. The fourth-order valence-corrected chi connectivity index (χ4v) is 5.21. The highest BCUT2D eigenvalue weighted by atomic mass is 32.2. The molecule has 2 heterocycles. The van der Waals surface area contributed by atoms with E-state index in [4.69, 9.17) is 0 Å². The SMILES string of the molecule is CCS(=O)(=O)N1CCCC2(CCC(=O)N(Cc3ccccc3)C2)C1. The van der Waals surface area contributed by atoms with E-state index in [1.165, 1.54) is 0 Å². The summed E-state index contributed by atoms with van der Waals surface area (Å²) in [5.41, 5.74) is 1.04. The Balaban J connectivity index is 1.75. The van der Waals surface area contributed by atoms with Crippen molar-refractivity contribution in [2.24, 2.45) is 5.41 Å². The van der Waals surface area contributed by atoms with Crippen LogP contribution in [-0.4, -0.2) is 48.9 Å². The molecule has 132 valence electrons. The lowest BCUT2D eigenvalue weighted by Crippen LogP contribution is -2.55. The summed E-state index contributed by atoms with van der Waals surface area (Å²) in [6.07, 6.45) is 3.20. The van der Waals surface area contributed by atoms with Crippen molar-refractivity contribution >= 4 is 15.9 Å². The lowest BCUT2D eigenvalue weighted by atomic mass is 9.74. The van der Waals surface area contributed by atoms with Crippen LogP contribution in [0.2, 0.25) is 0 Å². The Labute approximate surface area is 144 Å². The van der Waals surface area contributed by atoms with Gasteiger partial charge in [-0.3, -0.25) is 4.79 Å². The molecule has 1 amide bonds. The maximum atomic E-state index is 12.4. The molecule has 1 aromatic carbocycles. The summed E-state index contributed by atoms with van der Waals surface area (Å²) in [5.74, 6) is 0.329. The van der Waals surface area contributed by atoms with Crippen LogP contribution in [0.1, 0.15) is 38.2 Å². The minimum absolute atomic E-state index is 0.0802. The second-order valence-corrected chi connectivity index (χ2v) is 9.33. The number of sulfonamides is 1. The first-order chi connectivity index (χ1) is 11.4. The molecule has 2 aliphatic heterocycles. The third-order valence-corrected chi connectivity index (χ3v) is 7.18. The minimum atomic E-state index is -3.16. The van der Waals surface area contributed by atoms with Crippen molar-refractivity contribution in [3.05, 3.63) is 35.9 Å². The van der Waals surface area contributed by atoms with Crippen molar-refractivity contribution in [1.29, 1.82) is 0 Å². The number of carbonyl (C=O) groups excluding carboxylic acids is 1. The summed E-state index contributed by atoms with van der Waals surface area (Å²) in [7, 11) is -3.16. The van der Waals surface area contributed by atoms with Gasteiger partial charge >= 0.3 is 0 Å². The average molecular weight is 350 g/mol. The number of rotatable bonds is 4. The molecule has 6 heteroatoms. The quantitative estimate of drug-likeness (QED) is 0.837. The lowest BCUT2D eigenvalue weighted by molar-refractivity contribution is -0.139. The summed E-state index contributed by atoms with van der Waals surface area (Å²) >= 11 is 0. The predicted octanol–water partition coefficient (Wildman–Crippen LogP) is 2.24. The maximum Gasteiger partial charge on any atom is 0.222 e. The standard InChI is InChI=1S/C18H26N2O3S/c1-2-24(22,23)20-12-6-10-18(15-20)11-9-17(21)19(14-18)13-16-7-4-3-5-8-16/h3-5,7-8H,2,6,9-15H2,1H3. The molecular formula is C18H26N2O3S. The van der Waals surface area contributed by atoms with Gasteiger partial charge in [-0.25, -0.2) is 12.7 Å². The first-order valence-corrected chi connectivity index (χ1v) is 10.3. The molecule has 1 unspecified atom stereocenters. The third kappa shape index (κ3) is 3.64. The Morgan fingerprint density at radius 1 is 1.12 bits per heavy atom. The van der Waals surface area contributed by atoms with Crippen LogP contribution in [0.15, 0.2) is 30.3 Å². The number of nitrogens with zero attached hydrogens (tertiary/aromatic N) is 2. The number of amides is 1. The smallest absolute Gasteiger partial charge is 0.222 e. The van der Waals surface area contributed by atoms with Crippen molar-refractivity contribution in [2.45, 2.75) is 39.2 Å². The minimum Gasteiger partial charge on any atom is -0.338 e. The van der Waals surface area contributed by atoms with Gasteiger partial charge in [0.2, 0.25) is 15.9 Å². The van der Waals surface area contributed by atoms with Gasteiger partial charge in [0.1, 0.15) is 0 Å². The Kier molecular flexibility index (Phi) is 4.97. The van der Waals surface area contributed by atoms with E-state index in [-0.39, 0.29) is 17.1 Å². The Hall–Kier alpha value is -1.40. The van der Waals surface area contributed by atoms with Gasteiger partial charge in [0.15, 0.2) is 0 Å². The van der Waals surface area contributed by atoms with E-state index in [1.54, 1.807) is 11.2 Å². The zero-order chi connectivity index (χ0) is 17.2. The fourth-order valence-electron chi connectivity index (χ4n) is 3.97. The molecule has 1 spiro atoms. The van der Waals surface area contributed by atoms with Crippen LogP contribution >= 0.6 is 0 Å². The third-order valence-electron chi connectivity index (χ3n) is 5.35. The Morgan fingerprint density at radius 3 is 2.58 bits per heavy atom. The van der Waals surface area contributed by atoms with Crippen LogP contribution in [0.3, 0.4) is 0 Å². The second-order valence-electron chi connectivity index (χ2n) is 7.07. The highest BCUT2D eigenvalue weighted by Gasteiger charge is 2.43. The number of benzene rings is 1. The van der Waals surface area contributed by atoms with Crippen molar-refractivity contribution < 1.29 is 13.2 Å². The van der Waals surface area contributed by atoms with Gasteiger partial charge in [-0.05, 0) is 31.7 Å². The van der Waals surface area contributed by atoms with Gasteiger partial charge in [0.05, 0.1) is 5.75 Å². The largest absolute Gasteiger partial charge is 0.338 e. The fraction of sp³-hybridized carbons (Fsp3) is 0.611. The summed E-state index contributed by atoms with van der Waals surface area (Å²) in [5, 5.41) is 0. The van der Waals surface area contributed by atoms with Crippen LogP contribution in [0, 0.1) is 5.41 Å². The van der Waals surface area contributed by atoms with Crippen molar-refractivity contribution in [3.8, 4) is 0 Å². The van der Waals surface area contributed by atoms with Gasteiger partial charge in [-0.2, -0.15) is 0 Å². The number of likely N-dealkylation sites (tertiary alicyclic amines) is 1. The Morgan fingerprint density at radius 2 is 1.88 bits per heavy atom. The van der Waals surface area contributed by atoms with E-state index < -0.39 is 10.0 Å². The molecule has 0 aliphatic carbocycles. The van der Waals surface area contributed by atoms with Crippen LogP contribution in [0.25, 0.3) is 0 Å². The normalized spacial score (nSPS) is 26.0.